The van der Waals surface area contributed by atoms with E-state index >= 15 is 0 Å². The van der Waals surface area contributed by atoms with Crippen molar-refractivity contribution in [3.05, 3.63) is 59.7 Å². The monoisotopic (exact) mass is 415 g/mol. The predicted octanol–water partition coefficient (Wildman–Crippen LogP) is 3.95. The second-order valence-electron chi connectivity index (χ2n) is 8.42. The highest BCUT2D eigenvalue weighted by Gasteiger charge is 2.43. The topological polar surface area (TPSA) is 49.8 Å². The van der Waals surface area contributed by atoms with E-state index in [9.17, 15) is 18.7 Å². The first-order valence-corrected chi connectivity index (χ1v) is 10.6. The van der Waals surface area contributed by atoms with Crippen molar-refractivity contribution in [1.29, 1.82) is 0 Å². The fourth-order valence-corrected chi connectivity index (χ4v) is 4.51. The lowest BCUT2D eigenvalue weighted by molar-refractivity contribution is -0.150. The van der Waals surface area contributed by atoms with Crippen molar-refractivity contribution >= 4 is 5.91 Å². The van der Waals surface area contributed by atoms with E-state index < -0.39 is 17.0 Å². The van der Waals surface area contributed by atoms with Crippen molar-refractivity contribution in [2.75, 3.05) is 26.3 Å². The van der Waals surface area contributed by atoms with E-state index in [-0.39, 0.29) is 12.0 Å². The Bertz CT molecular complexity index is 886. The number of benzene rings is 2. The van der Waals surface area contributed by atoms with Crippen LogP contribution in [-0.4, -0.2) is 48.3 Å². The van der Waals surface area contributed by atoms with E-state index in [1.54, 1.807) is 6.07 Å². The van der Waals surface area contributed by atoms with E-state index in [0.717, 1.165) is 17.2 Å². The van der Waals surface area contributed by atoms with Gasteiger partial charge in [0, 0.05) is 26.3 Å². The van der Waals surface area contributed by atoms with Crippen LogP contribution >= 0.6 is 0 Å². The molecule has 0 aliphatic carbocycles. The van der Waals surface area contributed by atoms with E-state index in [2.05, 4.69) is 0 Å². The maximum Gasteiger partial charge on any atom is 0.229 e. The third-order valence-electron chi connectivity index (χ3n) is 6.40. The molecule has 0 unspecified atom stereocenters. The highest BCUT2D eigenvalue weighted by molar-refractivity contribution is 5.83. The van der Waals surface area contributed by atoms with Crippen LogP contribution in [0, 0.1) is 17.0 Å². The highest BCUT2D eigenvalue weighted by atomic mass is 19.2. The Balaban J connectivity index is 1.53. The maximum atomic E-state index is 13.5. The predicted molar refractivity (Wildman–Crippen MR) is 110 cm³/mol. The average molecular weight is 415 g/mol. The second-order valence-corrected chi connectivity index (χ2v) is 8.42. The van der Waals surface area contributed by atoms with Gasteiger partial charge in [0.05, 0.1) is 11.5 Å². The number of rotatable bonds is 4. The molecule has 160 valence electrons. The number of aliphatic hydroxyl groups is 1. The standard InChI is InChI=1S/C24H27F2NO3/c25-21-6-5-19(15-22(21)26)18-3-1-17(2-4-18)16-24(9-13-30-14-10-24)23(29)27-11-7-20(28)8-12-27/h1-6,15,20,28H,7-14,16H2. The van der Waals surface area contributed by atoms with Crippen molar-refractivity contribution < 1.29 is 23.4 Å². The summed E-state index contributed by atoms with van der Waals surface area (Å²) in [4.78, 5) is 15.4. The lowest BCUT2D eigenvalue weighted by atomic mass is 9.73. The van der Waals surface area contributed by atoms with E-state index in [0.29, 0.717) is 64.0 Å². The quantitative estimate of drug-likeness (QED) is 0.823. The normalized spacial score (nSPS) is 19.6. The Labute approximate surface area is 175 Å². The van der Waals surface area contributed by atoms with Gasteiger partial charge in [0.1, 0.15) is 0 Å². The molecule has 0 radical (unpaired) electrons. The van der Waals surface area contributed by atoms with Gasteiger partial charge in [-0.05, 0) is 60.9 Å². The van der Waals surface area contributed by atoms with Crippen LogP contribution in [0.2, 0.25) is 0 Å². The van der Waals surface area contributed by atoms with Crippen LogP contribution in [0.1, 0.15) is 31.2 Å². The van der Waals surface area contributed by atoms with Crippen LogP contribution in [0.15, 0.2) is 42.5 Å². The lowest BCUT2D eigenvalue weighted by Gasteiger charge is -2.41. The number of amides is 1. The van der Waals surface area contributed by atoms with E-state index in [4.69, 9.17) is 4.74 Å². The number of piperidine rings is 1. The summed E-state index contributed by atoms with van der Waals surface area (Å²) in [5, 5.41) is 9.77. The van der Waals surface area contributed by atoms with Crippen LogP contribution in [0.25, 0.3) is 11.1 Å². The molecule has 2 aliphatic heterocycles. The first-order chi connectivity index (χ1) is 14.5. The number of likely N-dealkylation sites (tertiary alicyclic amines) is 1. The molecule has 6 heteroatoms. The SMILES string of the molecule is O=C(N1CCC(O)CC1)C1(Cc2ccc(-c3ccc(F)c(F)c3)cc2)CCOCC1. The molecule has 0 saturated carbocycles. The summed E-state index contributed by atoms with van der Waals surface area (Å²) in [5.41, 5.74) is 1.96. The molecular weight excluding hydrogens is 388 g/mol. The van der Waals surface area contributed by atoms with Gasteiger partial charge >= 0.3 is 0 Å². The molecule has 0 spiro atoms. The fraction of sp³-hybridized carbons (Fsp3) is 0.458. The number of hydrogen-bond donors (Lipinski definition) is 1. The van der Waals surface area contributed by atoms with Crippen LogP contribution in [0.3, 0.4) is 0 Å². The molecule has 2 saturated heterocycles. The summed E-state index contributed by atoms with van der Waals surface area (Å²) in [6.45, 7) is 2.32. The number of carbonyl (C=O) groups excluding carboxylic acids is 1. The van der Waals surface area contributed by atoms with Crippen molar-refractivity contribution in [2.24, 2.45) is 5.41 Å². The molecule has 2 aromatic carbocycles. The number of carbonyl (C=O) groups is 1. The molecule has 1 amide bonds. The average Bonchev–Trinajstić information content (AvgIpc) is 2.77. The molecular formula is C24H27F2NO3. The summed E-state index contributed by atoms with van der Waals surface area (Å²) in [7, 11) is 0. The molecule has 2 aliphatic rings. The largest absolute Gasteiger partial charge is 0.393 e. The molecule has 2 fully saturated rings. The molecule has 30 heavy (non-hydrogen) atoms. The van der Waals surface area contributed by atoms with Crippen molar-refractivity contribution in [3.8, 4) is 11.1 Å². The van der Waals surface area contributed by atoms with Gasteiger partial charge in [0.15, 0.2) is 11.6 Å². The van der Waals surface area contributed by atoms with Gasteiger partial charge in [0.2, 0.25) is 5.91 Å². The van der Waals surface area contributed by atoms with E-state index in [1.807, 2.05) is 29.2 Å². The van der Waals surface area contributed by atoms with Crippen molar-refractivity contribution in [2.45, 2.75) is 38.2 Å². The molecule has 0 bridgehead atoms. The maximum absolute atomic E-state index is 13.5. The number of ether oxygens (including phenoxy) is 1. The number of nitrogens with zero attached hydrogens (tertiary/aromatic N) is 1. The van der Waals surface area contributed by atoms with Crippen LogP contribution in [-0.2, 0) is 16.0 Å². The van der Waals surface area contributed by atoms with Gasteiger partial charge in [-0.25, -0.2) is 8.78 Å². The Morgan fingerprint density at radius 1 is 1.00 bits per heavy atom. The summed E-state index contributed by atoms with van der Waals surface area (Å²) in [6.07, 6.45) is 2.91. The molecule has 1 N–H and O–H groups in total. The number of aliphatic hydroxyl groups excluding tert-OH is 1. The van der Waals surface area contributed by atoms with Gasteiger partial charge in [-0.1, -0.05) is 30.3 Å². The minimum Gasteiger partial charge on any atom is -0.393 e. The van der Waals surface area contributed by atoms with Crippen molar-refractivity contribution in [1.82, 2.24) is 4.90 Å². The molecule has 4 rings (SSSR count). The van der Waals surface area contributed by atoms with Gasteiger partial charge in [-0.3, -0.25) is 4.79 Å². The third-order valence-corrected chi connectivity index (χ3v) is 6.40. The molecule has 0 atom stereocenters. The first kappa shape index (κ1) is 20.9. The van der Waals surface area contributed by atoms with Gasteiger partial charge in [0.25, 0.3) is 0 Å². The first-order valence-electron chi connectivity index (χ1n) is 10.6. The summed E-state index contributed by atoms with van der Waals surface area (Å²) in [5.74, 6) is -1.57. The Morgan fingerprint density at radius 2 is 1.63 bits per heavy atom. The van der Waals surface area contributed by atoms with Crippen LogP contribution in [0.5, 0.6) is 0 Å². The molecule has 0 aromatic heterocycles. The summed E-state index contributed by atoms with van der Waals surface area (Å²) >= 11 is 0. The molecule has 2 aromatic rings. The van der Waals surface area contributed by atoms with Crippen molar-refractivity contribution in [3.63, 3.8) is 0 Å². The van der Waals surface area contributed by atoms with Gasteiger partial charge in [-0.2, -0.15) is 0 Å². The zero-order valence-electron chi connectivity index (χ0n) is 16.9. The second kappa shape index (κ2) is 8.82. The minimum atomic E-state index is -0.866. The highest BCUT2D eigenvalue weighted by Crippen LogP contribution is 2.37. The van der Waals surface area contributed by atoms with E-state index in [1.165, 1.54) is 6.07 Å². The summed E-state index contributed by atoms with van der Waals surface area (Å²) in [6, 6.07) is 11.6. The van der Waals surface area contributed by atoms with Gasteiger partial charge < -0.3 is 14.7 Å². The Morgan fingerprint density at radius 3 is 2.27 bits per heavy atom. The fourth-order valence-electron chi connectivity index (χ4n) is 4.51. The molecule has 2 heterocycles. The Kier molecular flexibility index (Phi) is 6.16. The zero-order chi connectivity index (χ0) is 21.1. The smallest absolute Gasteiger partial charge is 0.229 e. The molecule has 4 nitrogen and oxygen atoms in total. The van der Waals surface area contributed by atoms with Crippen LogP contribution in [0.4, 0.5) is 8.78 Å². The lowest BCUT2D eigenvalue weighted by Crippen LogP contribution is -2.51. The third kappa shape index (κ3) is 4.40. The number of hydrogen-bond acceptors (Lipinski definition) is 3. The number of halogens is 2. The summed E-state index contributed by atoms with van der Waals surface area (Å²) < 4.78 is 32.3. The zero-order valence-corrected chi connectivity index (χ0v) is 16.9. The van der Waals surface area contributed by atoms with Gasteiger partial charge in [-0.15, -0.1) is 0 Å². The minimum absolute atomic E-state index is 0.155. The Hall–Kier alpha value is -2.31. The van der Waals surface area contributed by atoms with Crippen LogP contribution < -0.4 is 0 Å².